The zero-order valence-electron chi connectivity index (χ0n) is 12.2. The molecule has 19 heavy (non-hydrogen) atoms. The molecule has 0 saturated carbocycles. The quantitative estimate of drug-likeness (QED) is 0.838. The van der Waals surface area contributed by atoms with E-state index in [2.05, 4.69) is 31.7 Å². The molecule has 1 rings (SSSR count). The van der Waals surface area contributed by atoms with Gasteiger partial charge < -0.3 is 11.5 Å². The van der Waals surface area contributed by atoms with Crippen molar-refractivity contribution in [3.8, 4) is 0 Å². The van der Waals surface area contributed by atoms with Gasteiger partial charge in [-0.05, 0) is 38.3 Å². The van der Waals surface area contributed by atoms with Gasteiger partial charge in [-0.2, -0.15) is 0 Å². The fraction of sp³-hybridized carbons (Fsp3) is 0.400. The molecule has 0 spiro atoms. The molecule has 0 aliphatic carbocycles. The van der Waals surface area contributed by atoms with Crippen molar-refractivity contribution in [2.75, 3.05) is 0 Å². The van der Waals surface area contributed by atoms with Crippen LogP contribution < -0.4 is 11.5 Å². The highest BCUT2D eigenvalue weighted by molar-refractivity contribution is 5.90. The van der Waals surface area contributed by atoms with Crippen LogP contribution in [0.15, 0.2) is 36.4 Å². The number of aryl methyl sites for hydroxylation is 1. The van der Waals surface area contributed by atoms with Crippen LogP contribution in [-0.4, -0.2) is 5.91 Å². The van der Waals surface area contributed by atoms with Crippen LogP contribution in [0, 0.1) is 0 Å². The van der Waals surface area contributed by atoms with Crippen LogP contribution in [0.5, 0.6) is 0 Å². The number of hydrogen-bond donors (Lipinski definition) is 2. The Balaban J connectivity index is 0. The van der Waals surface area contributed by atoms with Crippen LogP contribution in [0.2, 0.25) is 0 Å². The smallest absolute Gasteiger partial charge is 0.243 e. The summed E-state index contributed by atoms with van der Waals surface area (Å²) in [5, 5.41) is 0. The van der Waals surface area contributed by atoms with Gasteiger partial charge >= 0.3 is 0 Å². The number of carbonyl (C=O) groups is 1. The lowest BCUT2D eigenvalue weighted by Crippen LogP contribution is -2.29. The molecule has 0 heterocycles. The molecule has 1 aromatic rings. The van der Waals surface area contributed by atoms with Crippen molar-refractivity contribution < 1.29 is 4.79 Å². The Morgan fingerprint density at radius 1 is 1.32 bits per heavy atom. The van der Waals surface area contributed by atoms with Gasteiger partial charge in [-0.1, -0.05) is 37.8 Å². The van der Waals surface area contributed by atoms with Gasteiger partial charge in [-0.15, -0.1) is 12.4 Å². The second kappa shape index (κ2) is 8.73. The minimum absolute atomic E-state index is 0. The first-order valence-electron chi connectivity index (χ1n) is 6.02. The number of halogens is 1. The molecule has 0 radical (unpaired) electrons. The SMILES string of the molecule is C=C(C)C(N)=O.CCc1ccccc1C(C)(C)N.Cl. The minimum Gasteiger partial charge on any atom is -0.366 e. The molecule has 0 atom stereocenters. The predicted octanol–water partition coefficient (Wildman–Crippen LogP) is 2.91. The van der Waals surface area contributed by atoms with Gasteiger partial charge in [0.1, 0.15) is 0 Å². The highest BCUT2D eigenvalue weighted by Gasteiger charge is 2.16. The summed E-state index contributed by atoms with van der Waals surface area (Å²) in [7, 11) is 0. The summed E-state index contributed by atoms with van der Waals surface area (Å²) in [5.74, 6) is -0.435. The van der Waals surface area contributed by atoms with Crippen molar-refractivity contribution in [3.63, 3.8) is 0 Å². The molecule has 4 heteroatoms. The molecular weight excluding hydrogens is 260 g/mol. The average molecular weight is 285 g/mol. The number of amides is 1. The van der Waals surface area contributed by atoms with Gasteiger partial charge in [0.25, 0.3) is 0 Å². The fourth-order valence-corrected chi connectivity index (χ4v) is 1.46. The third kappa shape index (κ3) is 7.65. The van der Waals surface area contributed by atoms with Crippen LogP contribution >= 0.6 is 12.4 Å². The predicted molar refractivity (Wildman–Crippen MR) is 84.3 cm³/mol. The van der Waals surface area contributed by atoms with Crippen molar-refractivity contribution in [3.05, 3.63) is 47.5 Å². The van der Waals surface area contributed by atoms with Gasteiger partial charge in [-0.25, -0.2) is 0 Å². The van der Waals surface area contributed by atoms with E-state index >= 15 is 0 Å². The van der Waals surface area contributed by atoms with E-state index < -0.39 is 5.91 Å². The van der Waals surface area contributed by atoms with Gasteiger partial charge in [0.2, 0.25) is 5.91 Å². The minimum atomic E-state index is -0.435. The van der Waals surface area contributed by atoms with Crippen LogP contribution in [0.1, 0.15) is 38.8 Å². The van der Waals surface area contributed by atoms with Crippen molar-refractivity contribution in [1.29, 1.82) is 0 Å². The molecule has 0 bridgehead atoms. The largest absolute Gasteiger partial charge is 0.366 e. The lowest BCUT2D eigenvalue weighted by molar-refractivity contribution is -0.114. The average Bonchev–Trinajstić information content (AvgIpc) is 2.28. The Hall–Kier alpha value is -1.32. The number of rotatable bonds is 3. The second-order valence-corrected chi connectivity index (χ2v) is 4.88. The molecule has 4 N–H and O–H groups in total. The van der Waals surface area contributed by atoms with E-state index in [9.17, 15) is 4.79 Å². The van der Waals surface area contributed by atoms with Gasteiger partial charge in [0.05, 0.1) is 0 Å². The summed E-state index contributed by atoms with van der Waals surface area (Å²) in [5.41, 5.74) is 13.5. The molecule has 0 fully saturated rings. The summed E-state index contributed by atoms with van der Waals surface area (Å²) < 4.78 is 0. The summed E-state index contributed by atoms with van der Waals surface area (Å²) in [4.78, 5) is 9.82. The molecule has 0 aliphatic heterocycles. The van der Waals surface area contributed by atoms with E-state index in [0.29, 0.717) is 5.57 Å². The molecule has 0 unspecified atom stereocenters. The number of hydrogen-bond acceptors (Lipinski definition) is 2. The van der Waals surface area contributed by atoms with Crippen LogP contribution in [0.3, 0.4) is 0 Å². The van der Waals surface area contributed by atoms with Crippen LogP contribution in [-0.2, 0) is 16.8 Å². The molecule has 3 nitrogen and oxygen atoms in total. The fourth-order valence-electron chi connectivity index (χ4n) is 1.46. The zero-order valence-corrected chi connectivity index (χ0v) is 13.0. The van der Waals surface area contributed by atoms with Crippen molar-refractivity contribution in [2.45, 2.75) is 39.7 Å². The molecule has 1 aromatic carbocycles. The first-order valence-corrected chi connectivity index (χ1v) is 6.02. The van der Waals surface area contributed by atoms with E-state index in [4.69, 9.17) is 11.5 Å². The molecule has 1 amide bonds. The number of primary amides is 1. The third-order valence-corrected chi connectivity index (χ3v) is 2.51. The summed E-state index contributed by atoms with van der Waals surface area (Å²) in [6.07, 6.45) is 1.05. The van der Waals surface area contributed by atoms with Gasteiger partial charge in [0, 0.05) is 11.1 Å². The van der Waals surface area contributed by atoms with E-state index in [0.717, 1.165) is 6.42 Å². The maximum absolute atomic E-state index is 9.82. The lowest BCUT2D eigenvalue weighted by atomic mass is 9.90. The van der Waals surface area contributed by atoms with E-state index in [1.807, 2.05) is 19.9 Å². The van der Waals surface area contributed by atoms with Gasteiger partial charge in [-0.3, -0.25) is 4.79 Å². The standard InChI is InChI=1S/C11H17N.C4H7NO.ClH/c1-4-9-7-5-6-8-10(9)11(2,3)12;1-3(2)4(5)6;/h5-8H,4,12H2,1-3H3;1H2,2H3,(H2,5,6);1H. The monoisotopic (exact) mass is 284 g/mol. The van der Waals surface area contributed by atoms with Crippen LogP contribution in [0.4, 0.5) is 0 Å². The molecule has 0 aromatic heterocycles. The number of benzene rings is 1. The first-order chi connectivity index (χ1) is 8.20. The molecule has 0 aliphatic rings. The Kier molecular flexibility index (Phi) is 9.19. The summed E-state index contributed by atoms with van der Waals surface area (Å²) in [6.45, 7) is 11.1. The summed E-state index contributed by atoms with van der Waals surface area (Å²) in [6, 6.07) is 8.36. The second-order valence-electron chi connectivity index (χ2n) is 4.88. The highest BCUT2D eigenvalue weighted by Crippen LogP contribution is 2.21. The lowest BCUT2D eigenvalue weighted by Gasteiger charge is -2.22. The maximum atomic E-state index is 9.82. The van der Waals surface area contributed by atoms with E-state index in [1.54, 1.807) is 6.92 Å². The Morgan fingerprint density at radius 2 is 1.74 bits per heavy atom. The van der Waals surface area contributed by atoms with Crippen molar-refractivity contribution in [1.82, 2.24) is 0 Å². The van der Waals surface area contributed by atoms with Crippen molar-refractivity contribution in [2.24, 2.45) is 11.5 Å². The normalized spacial score (nSPS) is 9.74. The maximum Gasteiger partial charge on any atom is 0.243 e. The van der Waals surface area contributed by atoms with Crippen molar-refractivity contribution >= 4 is 18.3 Å². The topological polar surface area (TPSA) is 69.1 Å². The molecular formula is C15H25ClN2O. The highest BCUT2D eigenvalue weighted by atomic mass is 35.5. The Labute approximate surface area is 122 Å². The molecule has 0 saturated heterocycles. The summed E-state index contributed by atoms with van der Waals surface area (Å²) >= 11 is 0. The third-order valence-electron chi connectivity index (χ3n) is 2.51. The first kappa shape index (κ1) is 20.0. The zero-order chi connectivity index (χ0) is 14.3. The van der Waals surface area contributed by atoms with Gasteiger partial charge in [0.15, 0.2) is 0 Å². The Morgan fingerprint density at radius 3 is 2.00 bits per heavy atom. The van der Waals surface area contributed by atoms with E-state index in [-0.39, 0.29) is 17.9 Å². The van der Waals surface area contributed by atoms with Crippen LogP contribution in [0.25, 0.3) is 0 Å². The number of carbonyl (C=O) groups excluding carboxylic acids is 1. The Bertz CT molecular complexity index is 410. The van der Waals surface area contributed by atoms with E-state index in [1.165, 1.54) is 11.1 Å². The number of nitrogens with two attached hydrogens (primary N) is 2. The molecule has 108 valence electrons.